The Labute approximate surface area is 97.7 Å². The molecule has 0 fully saturated rings. The minimum absolute atomic E-state index is 0.297. The summed E-state index contributed by atoms with van der Waals surface area (Å²) in [7, 11) is 0. The van der Waals surface area contributed by atoms with Crippen LogP contribution in [-0.4, -0.2) is 15.1 Å². The summed E-state index contributed by atoms with van der Waals surface area (Å²) in [6.07, 6.45) is 3.22. The van der Waals surface area contributed by atoms with Gasteiger partial charge < -0.3 is 4.74 Å². The standard InChI is InChI=1S/C11H7N3OS/c16-8-14-9-3-1-4-10(7-9)15-11-12-5-2-6-13-11/h1-7H. The Morgan fingerprint density at radius 2 is 2.00 bits per heavy atom. The number of nitrogens with zero attached hydrogens (tertiary/aromatic N) is 3. The molecular weight excluding hydrogens is 222 g/mol. The average Bonchev–Trinajstić information content (AvgIpc) is 2.31. The molecule has 1 aromatic heterocycles. The van der Waals surface area contributed by atoms with Crippen molar-refractivity contribution in [1.82, 2.24) is 9.97 Å². The molecule has 1 aromatic carbocycles. The van der Waals surface area contributed by atoms with Crippen LogP contribution in [0.1, 0.15) is 0 Å². The summed E-state index contributed by atoms with van der Waals surface area (Å²) in [6, 6.07) is 9.15. The molecule has 5 heteroatoms. The summed E-state index contributed by atoms with van der Waals surface area (Å²) in [5.74, 6) is 0.609. The molecule has 0 saturated carbocycles. The fourth-order valence-electron chi connectivity index (χ4n) is 1.11. The van der Waals surface area contributed by atoms with E-state index in [2.05, 4.69) is 32.3 Å². The molecule has 2 rings (SSSR count). The smallest absolute Gasteiger partial charge is 0.321 e. The van der Waals surface area contributed by atoms with Gasteiger partial charge in [0.1, 0.15) is 5.75 Å². The van der Waals surface area contributed by atoms with Crippen molar-refractivity contribution in [2.45, 2.75) is 0 Å². The molecular formula is C11H7N3OS. The van der Waals surface area contributed by atoms with Crippen LogP contribution in [0.4, 0.5) is 5.69 Å². The molecule has 0 N–H and O–H groups in total. The van der Waals surface area contributed by atoms with Crippen molar-refractivity contribution in [2.75, 3.05) is 0 Å². The third-order valence-electron chi connectivity index (χ3n) is 1.74. The fourth-order valence-corrected chi connectivity index (χ4v) is 1.22. The lowest BCUT2D eigenvalue weighted by Gasteiger charge is -2.02. The van der Waals surface area contributed by atoms with Gasteiger partial charge in [-0.15, -0.1) is 0 Å². The van der Waals surface area contributed by atoms with Crippen molar-refractivity contribution in [3.8, 4) is 11.8 Å². The summed E-state index contributed by atoms with van der Waals surface area (Å²) in [5, 5.41) is 2.30. The minimum atomic E-state index is 0.297. The normalized spacial score (nSPS) is 9.25. The van der Waals surface area contributed by atoms with Crippen LogP contribution in [0.3, 0.4) is 0 Å². The second-order valence-electron chi connectivity index (χ2n) is 2.83. The zero-order valence-corrected chi connectivity index (χ0v) is 9.02. The number of rotatable bonds is 3. The molecule has 1 heterocycles. The maximum atomic E-state index is 5.42. The molecule has 0 aliphatic carbocycles. The molecule has 2 aromatic rings. The van der Waals surface area contributed by atoms with Crippen LogP contribution in [0, 0.1) is 0 Å². The van der Waals surface area contributed by atoms with Gasteiger partial charge in [0.05, 0.1) is 10.8 Å². The highest BCUT2D eigenvalue weighted by molar-refractivity contribution is 7.78. The minimum Gasteiger partial charge on any atom is -0.424 e. The molecule has 0 radical (unpaired) electrons. The van der Waals surface area contributed by atoms with Crippen molar-refractivity contribution < 1.29 is 4.74 Å². The number of isothiocyanates is 1. The molecule has 0 aliphatic heterocycles. The summed E-state index contributed by atoms with van der Waals surface area (Å²) < 4.78 is 5.42. The van der Waals surface area contributed by atoms with Crippen LogP contribution in [-0.2, 0) is 0 Å². The first kappa shape index (κ1) is 10.4. The quantitative estimate of drug-likeness (QED) is 0.599. The molecule has 78 valence electrons. The second kappa shape index (κ2) is 5.11. The summed E-state index contributed by atoms with van der Waals surface area (Å²) in [5.41, 5.74) is 0.684. The van der Waals surface area contributed by atoms with Crippen LogP contribution in [0.5, 0.6) is 11.8 Å². The highest BCUT2D eigenvalue weighted by atomic mass is 32.1. The van der Waals surface area contributed by atoms with E-state index in [4.69, 9.17) is 4.74 Å². The van der Waals surface area contributed by atoms with E-state index in [1.54, 1.807) is 36.7 Å². The lowest BCUT2D eigenvalue weighted by molar-refractivity contribution is 0.442. The molecule has 16 heavy (non-hydrogen) atoms. The van der Waals surface area contributed by atoms with Gasteiger partial charge in [-0.05, 0) is 30.4 Å². The second-order valence-corrected chi connectivity index (χ2v) is 3.02. The van der Waals surface area contributed by atoms with Crippen LogP contribution in [0.2, 0.25) is 0 Å². The summed E-state index contributed by atoms with van der Waals surface area (Å²) in [4.78, 5) is 11.8. The zero-order valence-electron chi connectivity index (χ0n) is 8.20. The fraction of sp³-hybridized carbons (Fsp3) is 0. The number of hydrogen-bond acceptors (Lipinski definition) is 5. The molecule has 0 bridgehead atoms. The number of hydrogen-bond donors (Lipinski definition) is 0. The maximum Gasteiger partial charge on any atom is 0.321 e. The van der Waals surface area contributed by atoms with E-state index >= 15 is 0 Å². The number of thiocarbonyl (C=S) groups is 1. The number of benzene rings is 1. The van der Waals surface area contributed by atoms with E-state index in [1.165, 1.54) is 0 Å². The van der Waals surface area contributed by atoms with Crippen molar-refractivity contribution in [3.63, 3.8) is 0 Å². The third kappa shape index (κ3) is 2.70. The Hall–Kier alpha value is -2.10. The Morgan fingerprint density at radius 3 is 2.75 bits per heavy atom. The topological polar surface area (TPSA) is 47.4 Å². The number of ether oxygens (including phenoxy) is 1. The maximum absolute atomic E-state index is 5.42. The molecule has 0 aliphatic rings. The van der Waals surface area contributed by atoms with Gasteiger partial charge in [0.25, 0.3) is 0 Å². The van der Waals surface area contributed by atoms with E-state index < -0.39 is 0 Å². The monoisotopic (exact) mass is 229 g/mol. The van der Waals surface area contributed by atoms with E-state index in [1.807, 2.05) is 6.07 Å². The first-order chi connectivity index (χ1) is 7.88. The predicted molar refractivity (Wildman–Crippen MR) is 63.2 cm³/mol. The average molecular weight is 229 g/mol. The van der Waals surface area contributed by atoms with Gasteiger partial charge in [0.2, 0.25) is 0 Å². The van der Waals surface area contributed by atoms with Crippen molar-refractivity contribution in [3.05, 3.63) is 42.7 Å². The molecule has 0 unspecified atom stereocenters. The molecule has 0 saturated heterocycles. The molecule has 0 amide bonds. The van der Waals surface area contributed by atoms with Crippen LogP contribution < -0.4 is 4.74 Å². The van der Waals surface area contributed by atoms with Crippen LogP contribution in [0.15, 0.2) is 47.7 Å². The first-order valence-corrected chi connectivity index (χ1v) is 4.92. The van der Waals surface area contributed by atoms with Crippen molar-refractivity contribution in [1.29, 1.82) is 0 Å². The zero-order chi connectivity index (χ0) is 11.2. The van der Waals surface area contributed by atoms with E-state index in [9.17, 15) is 0 Å². The lowest BCUT2D eigenvalue weighted by Crippen LogP contribution is -1.89. The molecule has 0 atom stereocenters. The Bertz CT molecular complexity index is 524. The molecule has 0 spiro atoms. The summed E-state index contributed by atoms with van der Waals surface area (Å²) in [6.45, 7) is 0. The third-order valence-corrected chi connectivity index (χ3v) is 1.83. The van der Waals surface area contributed by atoms with E-state index in [0.717, 1.165) is 0 Å². The summed E-state index contributed by atoms with van der Waals surface area (Å²) >= 11 is 4.52. The van der Waals surface area contributed by atoms with Gasteiger partial charge in [-0.25, -0.2) is 9.97 Å². The Kier molecular flexibility index (Phi) is 3.33. The highest BCUT2D eigenvalue weighted by Crippen LogP contribution is 2.22. The van der Waals surface area contributed by atoms with Gasteiger partial charge in [-0.1, -0.05) is 6.07 Å². The van der Waals surface area contributed by atoms with Gasteiger partial charge in [0, 0.05) is 18.5 Å². The van der Waals surface area contributed by atoms with Gasteiger partial charge in [-0.3, -0.25) is 0 Å². The Morgan fingerprint density at radius 1 is 1.19 bits per heavy atom. The first-order valence-electron chi connectivity index (χ1n) is 4.51. The van der Waals surface area contributed by atoms with Crippen molar-refractivity contribution in [2.24, 2.45) is 4.99 Å². The van der Waals surface area contributed by atoms with Crippen LogP contribution in [0.25, 0.3) is 0 Å². The highest BCUT2D eigenvalue weighted by Gasteiger charge is 1.99. The largest absolute Gasteiger partial charge is 0.424 e. The van der Waals surface area contributed by atoms with Gasteiger partial charge in [0.15, 0.2) is 0 Å². The number of aromatic nitrogens is 2. The van der Waals surface area contributed by atoms with Crippen LogP contribution >= 0.6 is 12.2 Å². The van der Waals surface area contributed by atoms with Crippen molar-refractivity contribution >= 4 is 23.1 Å². The van der Waals surface area contributed by atoms with Gasteiger partial charge in [-0.2, -0.15) is 4.99 Å². The lowest BCUT2D eigenvalue weighted by atomic mass is 10.3. The van der Waals surface area contributed by atoms with Gasteiger partial charge >= 0.3 is 6.01 Å². The Balaban J connectivity index is 2.22. The van der Waals surface area contributed by atoms with E-state index in [0.29, 0.717) is 17.4 Å². The van der Waals surface area contributed by atoms with E-state index in [-0.39, 0.29) is 0 Å². The molecule has 4 nitrogen and oxygen atoms in total. The SMILES string of the molecule is S=C=Nc1cccc(Oc2ncccn2)c1. The number of aliphatic imine (C=N–C) groups is 1. The predicted octanol–water partition coefficient (Wildman–Crippen LogP) is 3.00.